The highest BCUT2D eigenvalue weighted by molar-refractivity contribution is 7.09. The molecule has 0 saturated carbocycles. The molecular weight excluding hydrogens is 252 g/mol. The number of benzene rings is 1. The van der Waals surface area contributed by atoms with E-state index in [4.69, 9.17) is 0 Å². The van der Waals surface area contributed by atoms with Gasteiger partial charge in [0.1, 0.15) is 0 Å². The lowest BCUT2D eigenvalue weighted by Crippen LogP contribution is -2.32. The summed E-state index contributed by atoms with van der Waals surface area (Å²) in [6.45, 7) is 8.48. The van der Waals surface area contributed by atoms with Crippen LogP contribution in [0.15, 0.2) is 41.8 Å². The third kappa shape index (κ3) is 4.08. The zero-order valence-electron chi connectivity index (χ0n) is 11.7. The van der Waals surface area contributed by atoms with Gasteiger partial charge in [0.05, 0.1) is 0 Å². The normalized spacial score (nSPS) is 10.6. The van der Waals surface area contributed by atoms with E-state index in [9.17, 15) is 0 Å². The van der Waals surface area contributed by atoms with E-state index in [2.05, 4.69) is 65.8 Å². The van der Waals surface area contributed by atoms with Gasteiger partial charge in [-0.05, 0) is 36.9 Å². The van der Waals surface area contributed by atoms with Crippen molar-refractivity contribution in [3.8, 4) is 0 Å². The van der Waals surface area contributed by atoms with Crippen LogP contribution < -0.4 is 10.2 Å². The standard InChI is InChI=1S/C16H22N2S/c1-3-18(16-9-5-4-7-14(16)2)11-10-17-13-15-8-6-12-19-15/h4-9,12,17H,3,10-11,13H2,1-2H3. The van der Waals surface area contributed by atoms with E-state index in [1.807, 2.05) is 11.3 Å². The molecule has 0 amide bonds. The molecule has 0 aliphatic rings. The van der Waals surface area contributed by atoms with Crippen molar-refractivity contribution in [1.82, 2.24) is 5.32 Å². The van der Waals surface area contributed by atoms with Gasteiger partial charge < -0.3 is 10.2 Å². The first-order valence-electron chi connectivity index (χ1n) is 6.85. The van der Waals surface area contributed by atoms with Crippen molar-refractivity contribution >= 4 is 17.0 Å². The van der Waals surface area contributed by atoms with E-state index in [1.54, 1.807) is 0 Å². The Morgan fingerprint density at radius 2 is 2.00 bits per heavy atom. The van der Waals surface area contributed by atoms with Crippen molar-refractivity contribution in [2.75, 3.05) is 24.5 Å². The molecule has 1 heterocycles. The van der Waals surface area contributed by atoms with Crippen LogP contribution in [0.4, 0.5) is 5.69 Å². The van der Waals surface area contributed by atoms with E-state index in [0.717, 1.165) is 26.2 Å². The molecule has 1 aromatic carbocycles. The maximum absolute atomic E-state index is 3.51. The van der Waals surface area contributed by atoms with Gasteiger partial charge in [-0.25, -0.2) is 0 Å². The van der Waals surface area contributed by atoms with Gasteiger partial charge in [-0.1, -0.05) is 24.3 Å². The third-order valence-electron chi connectivity index (χ3n) is 3.28. The molecule has 2 nitrogen and oxygen atoms in total. The van der Waals surface area contributed by atoms with Crippen LogP contribution in [0.25, 0.3) is 0 Å². The molecule has 19 heavy (non-hydrogen) atoms. The van der Waals surface area contributed by atoms with Crippen molar-refractivity contribution in [3.63, 3.8) is 0 Å². The predicted octanol–water partition coefficient (Wildman–Crippen LogP) is 3.67. The highest BCUT2D eigenvalue weighted by Crippen LogP contribution is 2.18. The lowest BCUT2D eigenvalue weighted by atomic mass is 10.2. The Bertz CT molecular complexity index is 479. The van der Waals surface area contributed by atoms with Gasteiger partial charge in [0.2, 0.25) is 0 Å². The average Bonchev–Trinajstić information content (AvgIpc) is 2.93. The second-order valence-electron chi connectivity index (χ2n) is 4.62. The van der Waals surface area contributed by atoms with Crippen LogP contribution in [0.3, 0.4) is 0 Å². The number of hydrogen-bond donors (Lipinski definition) is 1. The number of para-hydroxylation sites is 1. The lowest BCUT2D eigenvalue weighted by Gasteiger charge is -2.25. The van der Waals surface area contributed by atoms with Crippen molar-refractivity contribution in [2.45, 2.75) is 20.4 Å². The molecule has 0 unspecified atom stereocenters. The van der Waals surface area contributed by atoms with Crippen LogP contribution in [-0.2, 0) is 6.54 Å². The maximum atomic E-state index is 3.51. The van der Waals surface area contributed by atoms with E-state index in [-0.39, 0.29) is 0 Å². The minimum Gasteiger partial charge on any atom is -0.370 e. The fourth-order valence-corrected chi connectivity index (χ4v) is 2.88. The molecular formula is C16H22N2S. The molecule has 3 heteroatoms. The molecule has 0 bridgehead atoms. The van der Waals surface area contributed by atoms with Gasteiger partial charge in [0, 0.05) is 36.7 Å². The maximum Gasteiger partial charge on any atom is 0.0396 e. The fraction of sp³-hybridized carbons (Fsp3) is 0.375. The van der Waals surface area contributed by atoms with Crippen molar-refractivity contribution in [2.24, 2.45) is 0 Å². The Labute approximate surface area is 120 Å². The number of likely N-dealkylation sites (N-methyl/N-ethyl adjacent to an activating group) is 1. The van der Waals surface area contributed by atoms with Gasteiger partial charge in [0.25, 0.3) is 0 Å². The molecule has 0 aliphatic heterocycles. The summed E-state index contributed by atoms with van der Waals surface area (Å²) in [4.78, 5) is 3.83. The highest BCUT2D eigenvalue weighted by Gasteiger charge is 2.05. The van der Waals surface area contributed by atoms with Crippen molar-refractivity contribution in [3.05, 3.63) is 52.2 Å². The first-order valence-corrected chi connectivity index (χ1v) is 7.73. The van der Waals surface area contributed by atoms with Crippen LogP contribution in [0.5, 0.6) is 0 Å². The number of hydrogen-bond acceptors (Lipinski definition) is 3. The zero-order chi connectivity index (χ0) is 13.5. The van der Waals surface area contributed by atoms with E-state index >= 15 is 0 Å². The SMILES string of the molecule is CCN(CCNCc1cccs1)c1ccccc1C. The quantitative estimate of drug-likeness (QED) is 0.775. The first-order chi connectivity index (χ1) is 9.31. The molecule has 0 spiro atoms. The number of thiophene rings is 1. The summed E-state index contributed by atoms with van der Waals surface area (Å²) in [6, 6.07) is 12.9. The van der Waals surface area contributed by atoms with Crippen molar-refractivity contribution < 1.29 is 0 Å². The average molecular weight is 274 g/mol. The smallest absolute Gasteiger partial charge is 0.0396 e. The summed E-state index contributed by atoms with van der Waals surface area (Å²) < 4.78 is 0. The molecule has 0 saturated heterocycles. The Kier molecular flexibility index (Phi) is 5.43. The van der Waals surface area contributed by atoms with Gasteiger partial charge in [-0.2, -0.15) is 0 Å². The summed E-state index contributed by atoms with van der Waals surface area (Å²) in [5.74, 6) is 0. The molecule has 0 fully saturated rings. The lowest BCUT2D eigenvalue weighted by molar-refractivity contribution is 0.670. The van der Waals surface area contributed by atoms with Crippen molar-refractivity contribution in [1.29, 1.82) is 0 Å². The van der Waals surface area contributed by atoms with Gasteiger partial charge in [-0.3, -0.25) is 0 Å². The molecule has 1 N–H and O–H groups in total. The summed E-state index contributed by atoms with van der Waals surface area (Å²) in [7, 11) is 0. The first kappa shape index (κ1) is 14.1. The number of nitrogens with zero attached hydrogens (tertiary/aromatic N) is 1. The van der Waals surface area contributed by atoms with Crippen LogP contribution in [0.1, 0.15) is 17.4 Å². The van der Waals surface area contributed by atoms with E-state index in [1.165, 1.54) is 16.1 Å². The monoisotopic (exact) mass is 274 g/mol. The highest BCUT2D eigenvalue weighted by atomic mass is 32.1. The van der Waals surface area contributed by atoms with Crippen LogP contribution >= 0.6 is 11.3 Å². The second kappa shape index (κ2) is 7.31. The number of rotatable bonds is 7. The summed E-state index contributed by atoms with van der Waals surface area (Å²) in [5.41, 5.74) is 2.70. The number of nitrogens with one attached hydrogen (secondary N) is 1. The van der Waals surface area contributed by atoms with Crippen LogP contribution in [-0.4, -0.2) is 19.6 Å². The van der Waals surface area contributed by atoms with E-state index in [0.29, 0.717) is 0 Å². The molecule has 0 atom stereocenters. The molecule has 2 rings (SSSR count). The Balaban J connectivity index is 1.81. The Morgan fingerprint density at radius 3 is 2.68 bits per heavy atom. The number of aryl methyl sites for hydroxylation is 1. The largest absolute Gasteiger partial charge is 0.370 e. The number of anilines is 1. The minimum absolute atomic E-state index is 0.975. The molecule has 2 aromatic rings. The third-order valence-corrected chi connectivity index (χ3v) is 4.15. The van der Waals surface area contributed by atoms with Gasteiger partial charge in [-0.15, -0.1) is 11.3 Å². The summed E-state index contributed by atoms with van der Waals surface area (Å²) in [6.07, 6.45) is 0. The zero-order valence-corrected chi connectivity index (χ0v) is 12.5. The van der Waals surface area contributed by atoms with Gasteiger partial charge >= 0.3 is 0 Å². The predicted molar refractivity (Wildman–Crippen MR) is 85.1 cm³/mol. The summed E-state index contributed by atoms with van der Waals surface area (Å²) >= 11 is 1.81. The fourth-order valence-electron chi connectivity index (χ4n) is 2.21. The molecule has 0 aliphatic carbocycles. The minimum atomic E-state index is 0.975. The van der Waals surface area contributed by atoms with Gasteiger partial charge in [0.15, 0.2) is 0 Å². The van der Waals surface area contributed by atoms with Crippen LogP contribution in [0.2, 0.25) is 0 Å². The Morgan fingerprint density at radius 1 is 1.16 bits per heavy atom. The molecule has 0 radical (unpaired) electrons. The summed E-state index contributed by atoms with van der Waals surface area (Å²) in [5, 5.41) is 5.64. The topological polar surface area (TPSA) is 15.3 Å². The molecule has 102 valence electrons. The Hall–Kier alpha value is -1.32. The second-order valence-corrected chi connectivity index (χ2v) is 5.65. The van der Waals surface area contributed by atoms with E-state index < -0.39 is 0 Å². The molecule has 1 aromatic heterocycles. The van der Waals surface area contributed by atoms with Crippen LogP contribution in [0, 0.1) is 6.92 Å².